The van der Waals surface area contributed by atoms with Gasteiger partial charge in [0.15, 0.2) is 5.78 Å². The molecule has 0 amide bonds. The number of hydrogen-bond donors (Lipinski definition) is 0. The molecule has 0 radical (unpaired) electrons. The Balaban J connectivity index is 1.75. The largest absolute Gasteiger partial charge is 0.456 e. The Morgan fingerprint density at radius 1 is 1.12 bits per heavy atom. The standard InChI is InChI=1S/C19H15FN2O2/c1-13-4-5-14(9-17(13)20)10-19(23)18-11-15(6-8-22-18)24-16-3-2-7-21-12-16/h2-9,11-12H,10H2,1H3. The lowest BCUT2D eigenvalue weighted by Crippen LogP contribution is -2.06. The predicted molar refractivity (Wildman–Crippen MR) is 87.7 cm³/mol. The van der Waals surface area contributed by atoms with Crippen LogP contribution in [-0.2, 0) is 6.42 Å². The Bertz CT molecular complexity index is 866. The van der Waals surface area contributed by atoms with Crippen molar-refractivity contribution in [3.8, 4) is 11.5 Å². The molecule has 3 rings (SSSR count). The Hall–Kier alpha value is -3.08. The summed E-state index contributed by atoms with van der Waals surface area (Å²) in [6.07, 6.45) is 4.82. The van der Waals surface area contributed by atoms with Crippen LogP contribution in [0.2, 0.25) is 0 Å². The van der Waals surface area contributed by atoms with Crippen LogP contribution in [0.25, 0.3) is 0 Å². The van der Waals surface area contributed by atoms with Crippen molar-refractivity contribution in [2.24, 2.45) is 0 Å². The lowest BCUT2D eigenvalue weighted by molar-refractivity contribution is 0.0988. The molecule has 0 fully saturated rings. The van der Waals surface area contributed by atoms with Gasteiger partial charge in [-0.05, 0) is 42.3 Å². The second-order valence-corrected chi connectivity index (χ2v) is 5.35. The zero-order chi connectivity index (χ0) is 16.9. The molecule has 2 heterocycles. The average Bonchev–Trinajstić information content (AvgIpc) is 2.59. The first-order valence-corrected chi connectivity index (χ1v) is 7.44. The van der Waals surface area contributed by atoms with Crippen molar-refractivity contribution in [3.05, 3.63) is 83.7 Å². The highest BCUT2D eigenvalue weighted by molar-refractivity contribution is 5.96. The minimum Gasteiger partial charge on any atom is -0.456 e. The molecule has 0 aliphatic carbocycles. The Morgan fingerprint density at radius 3 is 2.75 bits per heavy atom. The number of ether oxygens (including phenoxy) is 1. The normalized spacial score (nSPS) is 10.4. The molecule has 5 heteroatoms. The zero-order valence-corrected chi connectivity index (χ0v) is 13.1. The molecule has 0 bridgehead atoms. The summed E-state index contributed by atoms with van der Waals surface area (Å²) in [5, 5.41) is 0. The van der Waals surface area contributed by atoms with E-state index in [2.05, 4.69) is 9.97 Å². The van der Waals surface area contributed by atoms with Crippen LogP contribution in [0, 0.1) is 12.7 Å². The van der Waals surface area contributed by atoms with Crippen LogP contribution in [0.5, 0.6) is 11.5 Å². The fourth-order valence-electron chi connectivity index (χ4n) is 2.19. The minimum absolute atomic E-state index is 0.0839. The van der Waals surface area contributed by atoms with E-state index in [1.807, 2.05) is 0 Å². The van der Waals surface area contributed by atoms with Gasteiger partial charge in [0.2, 0.25) is 0 Å². The van der Waals surface area contributed by atoms with Gasteiger partial charge in [-0.25, -0.2) is 4.39 Å². The van der Waals surface area contributed by atoms with Gasteiger partial charge in [-0.15, -0.1) is 0 Å². The zero-order valence-electron chi connectivity index (χ0n) is 13.1. The van der Waals surface area contributed by atoms with Gasteiger partial charge in [0, 0.05) is 24.9 Å². The summed E-state index contributed by atoms with van der Waals surface area (Å²) in [7, 11) is 0. The third-order valence-corrected chi connectivity index (χ3v) is 3.49. The van der Waals surface area contributed by atoms with E-state index < -0.39 is 0 Å². The molecular weight excluding hydrogens is 307 g/mol. The van der Waals surface area contributed by atoms with Gasteiger partial charge in [0.05, 0.1) is 6.20 Å². The number of aryl methyl sites for hydroxylation is 1. The summed E-state index contributed by atoms with van der Waals surface area (Å²) in [6.45, 7) is 1.68. The molecule has 0 saturated carbocycles. The van der Waals surface area contributed by atoms with Crippen molar-refractivity contribution in [1.29, 1.82) is 0 Å². The molecule has 4 nitrogen and oxygen atoms in total. The molecule has 0 unspecified atom stereocenters. The first-order chi connectivity index (χ1) is 11.6. The lowest BCUT2D eigenvalue weighted by atomic mass is 10.0. The number of nitrogens with zero attached hydrogens (tertiary/aromatic N) is 2. The number of halogens is 1. The molecule has 0 aliphatic heterocycles. The van der Waals surface area contributed by atoms with Crippen LogP contribution >= 0.6 is 0 Å². The highest BCUT2D eigenvalue weighted by Gasteiger charge is 2.11. The molecule has 2 aromatic heterocycles. The average molecular weight is 322 g/mol. The maximum absolute atomic E-state index is 13.6. The first-order valence-electron chi connectivity index (χ1n) is 7.44. The van der Waals surface area contributed by atoms with E-state index >= 15 is 0 Å². The summed E-state index contributed by atoms with van der Waals surface area (Å²) in [4.78, 5) is 20.4. The van der Waals surface area contributed by atoms with E-state index in [0.717, 1.165) is 0 Å². The van der Waals surface area contributed by atoms with Crippen molar-refractivity contribution in [2.75, 3.05) is 0 Å². The van der Waals surface area contributed by atoms with Gasteiger partial charge in [0.25, 0.3) is 0 Å². The van der Waals surface area contributed by atoms with Crippen LogP contribution < -0.4 is 4.74 Å². The van der Waals surface area contributed by atoms with Crippen molar-refractivity contribution < 1.29 is 13.9 Å². The molecule has 1 aromatic carbocycles. The SMILES string of the molecule is Cc1ccc(CC(=O)c2cc(Oc3cccnc3)ccn2)cc1F. The summed E-state index contributed by atoms with van der Waals surface area (Å²) < 4.78 is 19.2. The predicted octanol–water partition coefficient (Wildman–Crippen LogP) is 4.14. The van der Waals surface area contributed by atoms with E-state index in [1.165, 1.54) is 12.3 Å². The third kappa shape index (κ3) is 3.81. The number of Topliss-reactive ketones (excluding diaryl/α,β-unsaturated/α-hetero) is 1. The smallest absolute Gasteiger partial charge is 0.185 e. The molecule has 0 aliphatic rings. The van der Waals surface area contributed by atoms with E-state index in [4.69, 9.17) is 4.74 Å². The van der Waals surface area contributed by atoms with E-state index in [1.54, 1.807) is 55.7 Å². The van der Waals surface area contributed by atoms with Gasteiger partial charge in [-0.3, -0.25) is 14.8 Å². The number of ketones is 1. The molecule has 0 N–H and O–H groups in total. The molecule has 24 heavy (non-hydrogen) atoms. The molecule has 0 spiro atoms. The number of benzene rings is 1. The third-order valence-electron chi connectivity index (χ3n) is 3.49. The monoisotopic (exact) mass is 322 g/mol. The van der Waals surface area contributed by atoms with E-state index in [9.17, 15) is 9.18 Å². The number of pyridine rings is 2. The number of carbonyl (C=O) groups excluding carboxylic acids is 1. The van der Waals surface area contributed by atoms with Gasteiger partial charge in [-0.1, -0.05) is 12.1 Å². The van der Waals surface area contributed by atoms with Crippen LogP contribution in [0.3, 0.4) is 0 Å². The van der Waals surface area contributed by atoms with E-state index in [-0.39, 0.29) is 23.7 Å². The second-order valence-electron chi connectivity index (χ2n) is 5.35. The van der Waals surface area contributed by atoms with Gasteiger partial charge >= 0.3 is 0 Å². The molecule has 0 atom stereocenters. The topological polar surface area (TPSA) is 52.1 Å². The van der Waals surface area contributed by atoms with Crippen molar-refractivity contribution in [2.45, 2.75) is 13.3 Å². The van der Waals surface area contributed by atoms with Crippen LogP contribution in [0.15, 0.2) is 61.1 Å². The Labute approximate surface area is 139 Å². The minimum atomic E-state index is -0.318. The highest BCUT2D eigenvalue weighted by atomic mass is 19.1. The Kier molecular flexibility index (Phi) is 4.61. The maximum atomic E-state index is 13.6. The van der Waals surface area contributed by atoms with Crippen molar-refractivity contribution >= 4 is 5.78 Å². The molecule has 3 aromatic rings. The first kappa shape index (κ1) is 15.8. The number of rotatable bonds is 5. The van der Waals surface area contributed by atoms with Gasteiger partial charge in [-0.2, -0.15) is 0 Å². The van der Waals surface area contributed by atoms with Crippen molar-refractivity contribution in [1.82, 2.24) is 9.97 Å². The maximum Gasteiger partial charge on any atom is 0.185 e. The van der Waals surface area contributed by atoms with Crippen molar-refractivity contribution in [3.63, 3.8) is 0 Å². The summed E-state index contributed by atoms with van der Waals surface area (Å²) in [6, 6.07) is 11.5. The summed E-state index contributed by atoms with van der Waals surface area (Å²) in [5.41, 5.74) is 1.44. The van der Waals surface area contributed by atoms with Gasteiger partial charge in [0.1, 0.15) is 23.0 Å². The number of aromatic nitrogens is 2. The molecule has 120 valence electrons. The summed E-state index contributed by atoms with van der Waals surface area (Å²) >= 11 is 0. The van der Waals surface area contributed by atoms with E-state index in [0.29, 0.717) is 22.6 Å². The number of carbonyl (C=O) groups is 1. The molecule has 0 saturated heterocycles. The fraction of sp³-hybridized carbons (Fsp3) is 0.105. The summed E-state index contributed by atoms with van der Waals surface area (Å²) in [5.74, 6) is 0.552. The molecular formula is C19H15FN2O2. The number of hydrogen-bond acceptors (Lipinski definition) is 4. The van der Waals surface area contributed by atoms with Crippen LogP contribution in [-0.4, -0.2) is 15.8 Å². The quantitative estimate of drug-likeness (QED) is 0.662. The Morgan fingerprint density at radius 2 is 2.00 bits per heavy atom. The highest BCUT2D eigenvalue weighted by Crippen LogP contribution is 2.21. The lowest BCUT2D eigenvalue weighted by Gasteiger charge is -2.07. The fourth-order valence-corrected chi connectivity index (χ4v) is 2.19. The van der Waals surface area contributed by atoms with Crippen LogP contribution in [0.4, 0.5) is 4.39 Å². The second kappa shape index (κ2) is 7.00. The van der Waals surface area contributed by atoms with Crippen LogP contribution in [0.1, 0.15) is 21.6 Å². The van der Waals surface area contributed by atoms with Gasteiger partial charge < -0.3 is 4.74 Å².